The van der Waals surface area contributed by atoms with E-state index in [1.807, 2.05) is 0 Å². The molecule has 2 nitrogen and oxygen atoms in total. The maximum atomic E-state index is 6.50. The van der Waals surface area contributed by atoms with Gasteiger partial charge in [0.2, 0.25) is 0 Å². The number of anilines is 3. The van der Waals surface area contributed by atoms with E-state index >= 15 is 0 Å². The van der Waals surface area contributed by atoms with Gasteiger partial charge in [0, 0.05) is 33.2 Å². The summed E-state index contributed by atoms with van der Waals surface area (Å²) in [5.74, 6) is 0. The minimum absolute atomic E-state index is 0.0991. The molecular formula is C58H39NO. The molecule has 1 unspecified atom stereocenters. The summed E-state index contributed by atoms with van der Waals surface area (Å²) in [5, 5.41) is 2.36. The van der Waals surface area contributed by atoms with Crippen LogP contribution in [0.1, 0.15) is 47.2 Å². The van der Waals surface area contributed by atoms with Crippen molar-refractivity contribution in [2.24, 2.45) is 0 Å². The van der Waals surface area contributed by atoms with Crippen LogP contribution in [0.4, 0.5) is 17.1 Å². The number of para-hydroxylation sites is 2. The van der Waals surface area contributed by atoms with Crippen LogP contribution in [0.25, 0.3) is 66.4 Å². The highest BCUT2D eigenvalue weighted by Gasteiger charge is 2.52. The topological polar surface area (TPSA) is 16.4 Å². The molecule has 0 aliphatic heterocycles. The Morgan fingerprint density at radius 3 is 1.80 bits per heavy atom. The Kier molecular flexibility index (Phi) is 6.74. The van der Waals surface area contributed by atoms with Gasteiger partial charge in [-0.15, -0.1) is 0 Å². The second-order valence-corrected chi connectivity index (χ2v) is 17.2. The van der Waals surface area contributed by atoms with Crippen molar-refractivity contribution < 1.29 is 4.42 Å². The summed E-state index contributed by atoms with van der Waals surface area (Å²) in [6, 6.07) is 74.1. The van der Waals surface area contributed by atoms with Crippen LogP contribution in [0.2, 0.25) is 0 Å². The van der Waals surface area contributed by atoms with Crippen molar-refractivity contribution in [3.05, 3.63) is 234 Å². The van der Waals surface area contributed by atoms with Crippen LogP contribution in [-0.2, 0) is 10.8 Å². The maximum Gasteiger partial charge on any atom is 0.136 e. The molecule has 0 N–H and O–H groups in total. The molecule has 9 aromatic carbocycles. The Bertz CT molecular complexity index is 3420. The summed E-state index contributed by atoms with van der Waals surface area (Å²) >= 11 is 0. The molecule has 1 heterocycles. The number of nitrogens with zero attached hydrogens (tertiary/aromatic N) is 1. The van der Waals surface area contributed by atoms with Gasteiger partial charge in [-0.3, -0.25) is 0 Å². The predicted molar refractivity (Wildman–Crippen MR) is 248 cm³/mol. The van der Waals surface area contributed by atoms with Gasteiger partial charge in [0.05, 0.1) is 5.41 Å². The van der Waals surface area contributed by atoms with Crippen molar-refractivity contribution in [1.29, 1.82) is 0 Å². The van der Waals surface area contributed by atoms with Gasteiger partial charge in [-0.1, -0.05) is 159 Å². The third kappa shape index (κ3) is 4.32. The van der Waals surface area contributed by atoms with Crippen LogP contribution in [0.3, 0.4) is 0 Å². The molecule has 1 spiro atoms. The highest BCUT2D eigenvalue weighted by atomic mass is 16.3. The monoisotopic (exact) mass is 765 g/mol. The number of hydrogen-bond donors (Lipinski definition) is 0. The largest absolute Gasteiger partial charge is 0.456 e. The van der Waals surface area contributed by atoms with E-state index in [2.05, 4.69) is 219 Å². The molecule has 0 radical (unpaired) electrons. The second kappa shape index (κ2) is 12.1. The summed E-state index contributed by atoms with van der Waals surface area (Å²) in [5.41, 5.74) is 22.9. The lowest BCUT2D eigenvalue weighted by Gasteiger charge is -2.31. The summed E-state index contributed by atoms with van der Waals surface area (Å²) in [4.78, 5) is 2.41. The van der Waals surface area contributed by atoms with Crippen LogP contribution in [-0.4, -0.2) is 0 Å². The van der Waals surface area contributed by atoms with Gasteiger partial charge < -0.3 is 9.32 Å². The van der Waals surface area contributed by atoms with Gasteiger partial charge in [0.1, 0.15) is 11.2 Å². The van der Waals surface area contributed by atoms with Crippen molar-refractivity contribution in [2.45, 2.75) is 24.7 Å². The van der Waals surface area contributed by atoms with Crippen LogP contribution in [0.5, 0.6) is 0 Å². The zero-order valence-corrected chi connectivity index (χ0v) is 33.4. The molecule has 282 valence electrons. The summed E-state index contributed by atoms with van der Waals surface area (Å²) in [6.45, 7) is 4.71. The molecule has 2 heteroatoms. The zero-order valence-electron chi connectivity index (χ0n) is 33.4. The minimum Gasteiger partial charge on any atom is -0.456 e. The van der Waals surface area contributed by atoms with Crippen LogP contribution in [0.15, 0.2) is 205 Å². The second-order valence-electron chi connectivity index (χ2n) is 17.2. The minimum atomic E-state index is -0.483. The first-order valence-electron chi connectivity index (χ1n) is 21.0. The lowest BCUT2D eigenvalue weighted by Crippen LogP contribution is -2.25. The van der Waals surface area contributed by atoms with Crippen molar-refractivity contribution in [2.75, 3.05) is 4.90 Å². The first kappa shape index (κ1) is 33.5. The number of benzene rings is 9. The van der Waals surface area contributed by atoms with Gasteiger partial charge in [-0.25, -0.2) is 0 Å². The fourth-order valence-electron chi connectivity index (χ4n) is 11.3. The van der Waals surface area contributed by atoms with Gasteiger partial charge >= 0.3 is 0 Å². The van der Waals surface area contributed by atoms with E-state index in [-0.39, 0.29) is 5.41 Å². The van der Waals surface area contributed by atoms with Crippen LogP contribution < -0.4 is 4.90 Å². The Balaban J connectivity index is 1.00. The molecule has 0 bridgehead atoms. The fourth-order valence-corrected chi connectivity index (χ4v) is 11.3. The SMILES string of the molecule is CC1(C)c2ccccc2-c2ccc(N(c3ccccc3)c3cccc(-c4ccc5c(c4)C4(c6ccccc6-5)c5ccccc5-c5c4ccc4oc6ccccc6c54)c3)cc21. The average Bonchev–Trinajstić information content (AvgIpc) is 3.99. The third-order valence-corrected chi connectivity index (χ3v) is 13.9. The van der Waals surface area contributed by atoms with Gasteiger partial charge in [-0.2, -0.15) is 0 Å². The Labute approximate surface area is 349 Å². The zero-order chi connectivity index (χ0) is 39.7. The number of fused-ring (bicyclic) bond motifs is 17. The summed E-state index contributed by atoms with van der Waals surface area (Å²) in [6.07, 6.45) is 0. The molecule has 1 aromatic heterocycles. The van der Waals surface area contributed by atoms with E-state index in [9.17, 15) is 0 Å². The molecule has 3 aliphatic carbocycles. The molecule has 0 amide bonds. The summed E-state index contributed by atoms with van der Waals surface area (Å²) < 4.78 is 6.50. The normalized spacial score (nSPS) is 16.0. The number of rotatable bonds is 4. The third-order valence-electron chi connectivity index (χ3n) is 13.9. The highest BCUT2D eigenvalue weighted by Crippen LogP contribution is 2.64. The Hall–Kier alpha value is -7.42. The highest BCUT2D eigenvalue weighted by molar-refractivity contribution is 6.16. The van der Waals surface area contributed by atoms with E-state index in [4.69, 9.17) is 4.42 Å². The van der Waals surface area contributed by atoms with Crippen molar-refractivity contribution in [1.82, 2.24) is 0 Å². The first-order chi connectivity index (χ1) is 29.5. The molecule has 13 rings (SSSR count). The van der Waals surface area contributed by atoms with Gasteiger partial charge in [0.15, 0.2) is 0 Å². The van der Waals surface area contributed by atoms with Crippen molar-refractivity contribution >= 4 is 39.0 Å². The number of furan rings is 1. The lowest BCUT2D eigenvalue weighted by molar-refractivity contribution is 0.660. The molecule has 0 fully saturated rings. The van der Waals surface area contributed by atoms with Crippen molar-refractivity contribution in [3.63, 3.8) is 0 Å². The quantitative estimate of drug-likeness (QED) is 0.177. The van der Waals surface area contributed by atoms with E-state index in [0.717, 1.165) is 33.6 Å². The Morgan fingerprint density at radius 2 is 0.967 bits per heavy atom. The maximum absolute atomic E-state index is 6.50. The first-order valence-corrected chi connectivity index (χ1v) is 21.0. The van der Waals surface area contributed by atoms with Gasteiger partial charge in [-0.05, 0) is 132 Å². The Morgan fingerprint density at radius 1 is 0.367 bits per heavy atom. The predicted octanol–water partition coefficient (Wildman–Crippen LogP) is 15.4. The van der Waals surface area contributed by atoms with Crippen LogP contribution >= 0.6 is 0 Å². The molecule has 60 heavy (non-hydrogen) atoms. The molecule has 0 saturated carbocycles. The fraction of sp³-hybridized carbons (Fsp3) is 0.0690. The van der Waals surface area contributed by atoms with E-state index < -0.39 is 5.41 Å². The number of hydrogen-bond acceptors (Lipinski definition) is 2. The van der Waals surface area contributed by atoms with E-state index in [1.165, 1.54) is 83.3 Å². The molecule has 0 saturated heterocycles. The molecular weight excluding hydrogens is 727 g/mol. The van der Waals surface area contributed by atoms with Crippen LogP contribution in [0, 0.1) is 0 Å². The van der Waals surface area contributed by atoms with E-state index in [1.54, 1.807) is 0 Å². The molecule has 1 atom stereocenters. The summed E-state index contributed by atoms with van der Waals surface area (Å²) in [7, 11) is 0. The molecule has 10 aromatic rings. The van der Waals surface area contributed by atoms with Crippen molar-refractivity contribution in [3.8, 4) is 44.5 Å². The smallest absolute Gasteiger partial charge is 0.136 e. The van der Waals surface area contributed by atoms with E-state index in [0.29, 0.717) is 0 Å². The standard InChI is InChI=1S/C58H39NO/c1-57(2)47-23-10-6-19-41(47)43-30-28-40(35-51(43)57)59(38-16-4-3-5-17-38)39-18-14-15-36(33-39)37-27-29-44-42-20-7-11-24-48(42)58(52(44)34-37)49-25-12-8-21-45(49)55-50(58)31-32-54-56(55)46-22-9-13-26-53(46)60-54/h3-35H,1-2H3. The average molecular weight is 766 g/mol. The van der Waals surface area contributed by atoms with Gasteiger partial charge in [0.25, 0.3) is 0 Å². The molecule has 3 aliphatic rings. The lowest BCUT2D eigenvalue weighted by atomic mass is 9.70.